The molecule has 0 aliphatic heterocycles. The molecule has 4 heteroatoms. The molecule has 122 valence electrons. The van der Waals surface area contributed by atoms with E-state index in [0.29, 0.717) is 12.6 Å². The first-order chi connectivity index (χ1) is 11.6. The Morgan fingerprint density at radius 2 is 2.00 bits per heavy atom. The lowest BCUT2D eigenvalue weighted by Crippen LogP contribution is -2.32. The van der Waals surface area contributed by atoms with Gasteiger partial charge in [-0.1, -0.05) is 46.3 Å². The number of aryl methyl sites for hydroxylation is 1. The third kappa shape index (κ3) is 2.86. The van der Waals surface area contributed by atoms with Crippen LogP contribution in [0, 0.1) is 0 Å². The normalized spacial score (nSPS) is 14.1. The summed E-state index contributed by atoms with van der Waals surface area (Å²) >= 11 is 3.52. The van der Waals surface area contributed by atoms with E-state index in [9.17, 15) is 4.79 Å². The minimum atomic E-state index is 0.134. The van der Waals surface area contributed by atoms with Crippen LogP contribution in [0.5, 0.6) is 0 Å². The number of fused-ring (bicyclic) bond motifs is 1. The highest BCUT2D eigenvalue weighted by atomic mass is 79.9. The number of benzene rings is 2. The van der Waals surface area contributed by atoms with Crippen LogP contribution in [0.4, 0.5) is 0 Å². The quantitative estimate of drug-likeness (QED) is 0.639. The summed E-state index contributed by atoms with van der Waals surface area (Å²) in [5, 5.41) is 1.03. The fourth-order valence-corrected chi connectivity index (χ4v) is 3.70. The molecule has 24 heavy (non-hydrogen) atoms. The van der Waals surface area contributed by atoms with Crippen LogP contribution < -0.4 is 0 Å². The third-order valence-electron chi connectivity index (χ3n) is 4.62. The van der Waals surface area contributed by atoms with Gasteiger partial charge in [0.25, 0.3) is 5.91 Å². The van der Waals surface area contributed by atoms with Crippen molar-refractivity contribution in [3.05, 3.63) is 70.3 Å². The zero-order chi connectivity index (χ0) is 16.7. The second-order valence-electron chi connectivity index (χ2n) is 6.46. The predicted octanol–water partition coefficient (Wildman–Crippen LogP) is 4.75. The average molecular weight is 383 g/mol. The van der Waals surface area contributed by atoms with Crippen LogP contribution in [-0.2, 0) is 13.6 Å². The highest BCUT2D eigenvalue weighted by Crippen LogP contribution is 2.32. The molecule has 1 aromatic heterocycles. The second-order valence-corrected chi connectivity index (χ2v) is 7.38. The first-order valence-corrected chi connectivity index (χ1v) is 9.02. The van der Waals surface area contributed by atoms with Crippen LogP contribution >= 0.6 is 15.9 Å². The van der Waals surface area contributed by atoms with Crippen molar-refractivity contribution in [3.8, 4) is 0 Å². The highest BCUT2D eigenvalue weighted by Gasteiger charge is 2.34. The molecule has 1 saturated carbocycles. The molecule has 4 rings (SSSR count). The maximum absolute atomic E-state index is 13.2. The van der Waals surface area contributed by atoms with Crippen molar-refractivity contribution < 1.29 is 4.79 Å². The molecule has 0 bridgehead atoms. The molecule has 1 heterocycles. The summed E-state index contributed by atoms with van der Waals surface area (Å²) in [4.78, 5) is 15.3. The number of carbonyl (C=O) groups excluding carboxylic acids is 1. The Morgan fingerprint density at radius 1 is 1.21 bits per heavy atom. The molecule has 1 fully saturated rings. The SMILES string of the molecule is Cn1cc(C(=O)N(Cc2cccc(Br)c2)C2CC2)c2ccccc21. The smallest absolute Gasteiger partial charge is 0.256 e. The van der Waals surface area contributed by atoms with Gasteiger partial charge < -0.3 is 9.47 Å². The van der Waals surface area contributed by atoms with Crippen molar-refractivity contribution in [1.82, 2.24) is 9.47 Å². The van der Waals surface area contributed by atoms with Gasteiger partial charge in [-0.3, -0.25) is 4.79 Å². The first kappa shape index (κ1) is 15.5. The largest absolute Gasteiger partial charge is 0.350 e. The van der Waals surface area contributed by atoms with E-state index >= 15 is 0 Å². The molecule has 1 aliphatic rings. The van der Waals surface area contributed by atoms with Crippen molar-refractivity contribution in [1.29, 1.82) is 0 Å². The summed E-state index contributed by atoms with van der Waals surface area (Å²) in [6.07, 6.45) is 4.16. The van der Waals surface area contributed by atoms with E-state index in [4.69, 9.17) is 0 Å². The molecule has 0 atom stereocenters. The van der Waals surface area contributed by atoms with E-state index in [2.05, 4.69) is 34.1 Å². The summed E-state index contributed by atoms with van der Waals surface area (Å²) < 4.78 is 3.08. The number of carbonyl (C=O) groups is 1. The Kier molecular flexibility index (Phi) is 3.93. The Bertz CT molecular complexity index is 911. The van der Waals surface area contributed by atoms with Gasteiger partial charge in [-0.05, 0) is 36.6 Å². The first-order valence-electron chi connectivity index (χ1n) is 8.23. The molecular formula is C20H19BrN2O. The maximum Gasteiger partial charge on any atom is 0.256 e. The summed E-state index contributed by atoms with van der Waals surface area (Å²) in [5.74, 6) is 0.134. The number of para-hydroxylation sites is 1. The maximum atomic E-state index is 13.2. The fourth-order valence-electron chi connectivity index (χ4n) is 3.25. The van der Waals surface area contributed by atoms with Crippen LogP contribution in [0.2, 0.25) is 0 Å². The summed E-state index contributed by atoms with van der Waals surface area (Å²) in [6, 6.07) is 16.7. The minimum absolute atomic E-state index is 0.134. The summed E-state index contributed by atoms with van der Waals surface area (Å²) in [7, 11) is 1.99. The van der Waals surface area contributed by atoms with Crippen molar-refractivity contribution in [2.75, 3.05) is 0 Å². The Morgan fingerprint density at radius 3 is 2.75 bits per heavy atom. The number of rotatable bonds is 4. The van der Waals surface area contributed by atoms with E-state index in [-0.39, 0.29) is 5.91 Å². The van der Waals surface area contributed by atoms with Crippen LogP contribution in [0.3, 0.4) is 0 Å². The molecule has 2 aromatic carbocycles. The number of amides is 1. The van der Waals surface area contributed by atoms with Gasteiger partial charge in [0.05, 0.1) is 5.56 Å². The average Bonchev–Trinajstić information content (AvgIpc) is 3.37. The van der Waals surface area contributed by atoms with E-state index in [0.717, 1.165) is 39.3 Å². The predicted molar refractivity (Wildman–Crippen MR) is 100.0 cm³/mol. The molecule has 3 nitrogen and oxygen atoms in total. The van der Waals surface area contributed by atoms with Crippen molar-refractivity contribution >= 4 is 32.7 Å². The van der Waals surface area contributed by atoms with Gasteiger partial charge in [0.15, 0.2) is 0 Å². The fraction of sp³-hybridized carbons (Fsp3) is 0.250. The third-order valence-corrected chi connectivity index (χ3v) is 5.11. The number of halogens is 1. The molecule has 0 spiro atoms. The highest BCUT2D eigenvalue weighted by molar-refractivity contribution is 9.10. The van der Waals surface area contributed by atoms with Gasteiger partial charge in [0.1, 0.15) is 0 Å². The van der Waals surface area contributed by atoms with E-state index in [1.54, 1.807) is 0 Å². The molecule has 0 saturated heterocycles. The molecule has 1 amide bonds. The molecule has 0 radical (unpaired) electrons. The monoisotopic (exact) mass is 382 g/mol. The lowest BCUT2D eigenvalue weighted by Gasteiger charge is -2.22. The lowest BCUT2D eigenvalue weighted by atomic mass is 10.1. The van der Waals surface area contributed by atoms with E-state index in [1.807, 2.05) is 53.0 Å². The summed E-state index contributed by atoms with van der Waals surface area (Å²) in [6.45, 7) is 0.659. The topological polar surface area (TPSA) is 25.2 Å². The zero-order valence-electron chi connectivity index (χ0n) is 13.6. The molecule has 3 aromatic rings. The molecule has 0 unspecified atom stereocenters. The van der Waals surface area contributed by atoms with Gasteiger partial charge in [-0.2, -0.15) is 0 Å². The number of hydrogen-bond acceptors (Lipinski definition) is 1. The van der Waals surface area contributed by atoms with Gasteiger partial charge in [0, 0.05) is 41.2 Å². The number of hydrogen-bond donors (Lipinski definition) is 0. The Hall–Kier alpha value is -2.07. The van der Waals surface area contributed by atoms with Crippen LogP contribution in [-0.4, -0.2) is 21.4 Å². The molecule has 0 N–H and O–H groups in total. The molecule has 1 aliphatic carbocycles. The van der Waals surface area contributed by atoms with Crippen LogP contribution in [0.25, 0.3) is 10.9 Å². The van der Waals surface area contributed by atoms with Crippen molar-refractivity contribution in [2.24, 2.45) is 7.05 Å². The number of nitrogens with zero attached hydrogens (tertiary/aromatic N) is 2. The van der Waals surface area contributed by atoms with Crippen molar-refractivity contribution in [3.63, 3.8) is 0 Å². The Labute approximate surface area is 150 Å². The van der Waals surface area contributed by atoms with Gasteiger partial charge in [-0.15, -0.1) is 0 Å². The standard InChI is InChI=1S/C20H19BrN2O/c1-22-13-18(17-7-2-3-8-19(17)22)20(24)23(16-9-10-16)12-14-5-4-6-15(21)11-14/h2-8,11,13,16H,9-10,12H2,1H3. The minimum Gasteiger partial charge on any atom is -0.350 e. The second kappa shape index (κ2) is 6.10. The summed E-state index contributed by atoms with van der Waals surface area (Å²) in [5.41, 5.74) is 3.05. The van der Waals surface area contributed by atoms with E-state index < -0.39 is 0 Å². The Balaban J connectivity index is 1.69. The van der Waals surface area contributed by atoms with Crippen LogP contribution in [0.1, 0.15) is 28.8 Å². The zero-order valence-corrected chi connectivity index (χ0v) is 15.2. The lowest BCUT2D eigenvalue weighted by molar-refractivity contribution is 0.0731. The molecular weight excluding hydrogens is 364 g/mol. The van der Waals surface area contributed by atoms with Crippen molar-refractivity contribution in [2.45, 2.75) is 25.4 Å². The van der Waals surface area contributed by atoms with Gasteiger partial charge >= 0.3 is 0 Å². The van der Waals surface area contributed by atoms with Crippen LogP contribution in [0.15, 0.2) is 59.2 Å². The van der Waals surface area contributed by atoms with E-state index in [1.165, 1.54) is 0 Å². The van der Waals surface area contributed by atoms with Gasteiger partial charge in [0.2, 0.25) is 0 Å². The number of aromatic nitrogens is 1. The van der Waals surface area contributed by atoms with Gasteiger partial charge in [-0.25, -0.2) is 0 Å².